The number of aromatic amines is 1. The maximum atomic E-state index is 12.7. The van der Waals surface area contributed by atoms with Crippen molar-refractivity contribution in [3.05, 3.63) is 59.5 Å². The number of hydrogen-bond donors (Lipinski definition) is 2. The van der Waals surface area contributed by atoms with Gasteiger partial charge < -0.3 is 10.1 Å². The van der Waals surface area contributed by atoms with Gasteiger partial charge in [-0.05, 0) is 31.0 Å². The molecule has 3 aromatic rings. The lowest BCUT2D eigenvalue weighted by molar-refractivity contribution is 0.0847. The second-order valence-electron chi connectivity index (χ2n) is 6.41. The van der Waals surface area contributed by atoms with Gasteiger partial charge in [0.05, 0.1) is 23.4 Å². The van der Waals surface area contributed by atoms with E-state index >= 15 is 0 Å². The summed E-state index contributed by atoms with van der Waals surface area (Å²) >= 11 is 0. The van der Waals surface area contributed by atoms with E-state index in [-0.39, 0.29) is 17.9 Å². The summed E-state index contributed by atoms with van der Waals surface area (Å²) in [6, 6.07) is 7.70. The van der Waals surface area contributed by atoms with Crippen LogP contribution in [0.25, 0.3) is 10.9 Å². The van der Waals surface area contributed by atoms with Gasteiger partial charge in [0, 0.05) is 42.4 Å². The van der Waals surface area contributed by atoms with E-state index in [9.17, 15) is 4.79 Å². The van der Waals surface area contributed by atoms with Gasteiger partial charge >= 0.3 is 0 Å². The van der Waals surface area contributed by atoms with E-state index in [0.717, 1.165) is 28.5 Å². The van der Waals surface area contributed by atoms with E-state index in [0.29, 0.717) is 18.7 Å². The van der Waals surface area contributed by atoms with Crippen molar-refractivity contribution in [1.82, 2.24) is 20.5 Å². The number of fused-ring (bicyclic) bond motifs is 1. The second-order valence-corrected chi connectivity index (χ2v) is 6.41. The minimum Gasteiger partial charge on any atom is -0.373 e. The van der Waals surface area contributed by atoms with Gasteiger partial charge in [0.25, 0.3) is 5.91 Å². The van der Waals surface area contributed by atoms with Crippen molar-refractivity contribution in [3.63, 3.8) is 0 Å². The number of carbonyl (C=O) groups is 1. The molecule has 3 heterocycles. The molecule has 1 amide bonds. The second kappa shape index (κ2) is 6.64. The largest absolute Gasteiger partial charge is 0.373 e. The molecule has 1 aliphatic rings. The molecule has 2 N–H and O–H groups in total. The molecule has 1 aromatic carbocycles. The summed E-state index contributed by atoms with van der Waals surface area (Å²) in [5, 5.41) is 10.9. The van der Waals surface area contributed by atoms with E-state index in [4.69, 9.17) is 4.74 Å². The predicted octanol–water partition coefficient (Wildman–Crippen LogP) is 2.77. The van der Waals surface area contributed by atoms with Crippen LogP contribution in [0.1, 0.15) is 34.0 Å². The molecule has 2 aromatic heterocycles. The van der Waals surface area contributed by atoms with E-state index in [1.807, 2.05) is 37.4 Å². The third-order valence-electron chi connectivity index (χ3n) is 4.82. The number of rotatable bonds is 4. The molecule has 1 saturated heterocycles. The third kappa shape index (κ3) is 3.00. The van der Waals surface area contributed by atoms with Crippen LogP contribution in [0.5, 0.6) is 0 Å². The normalized spacial score (nSPS) is 20.0. The van der Waals surface area contributed by atoms with Crippen molar-refractivity contribution in [1.29, 1.82) is 0 Å². The molecule has 0 bridgehead atoms. The molecular formula is C19H20N4O2. The summed E-state index contributed by atoms with van der Waals surface area (Å²) in [6.07, 6.45) is 6.25. The molecule has 6 nitrogen and oxygen atoms in total. The van der Waals surface area contributed by atoms with Crippen molar-refractivity contribution in [2.75, 3.05) is 13.2 Å². The first-order valence-electron chi connectivity index (χ1n) is 8.47. The van der Waals surface area contributed by atoms with Gasteiger partial charge in [-0.15, -0.1) is 0 Å². The topological polar surface area (TPSA) is 79.9 Å². The highest BCUT2D eigenvalue weighted by atomic mass is 16.5. The van der Waals surface area contributed by atoms with Crippen molar-refractivity contribution < 1.29 is 9.53 Å². The maximum absolute atomic E-state index is 12.7. The highest BCUT2D eigenvalue weighted by Gasteiger charge is 2.30. The van der Waals surface area contributed by atoms with Crippen molar-refractivity contribution in [2.24, 2.45) is 5.92 Å². The summed E-state index contributed by atoms with van der Waals surface area (Å²) in [6.45, 7) is 3.29. The summed E-state index contributed by atoms with van der Waals surface area (Å²) < 4.78 is 5.81. The average molecular weight is 336 g/mol. The highest BCUT2D eigenvalue weighted by Crippen LogP contribution is 2.33. The Labute approximate surface area is 145 Å². The Morgan fingerprint density at radius 2 is 2.32 bits per heavy atom. The number of nitrogens with zero attached hydrogens (tertiary/aromatic N) is 2. The first-order valence-corrected chi connectivity index (χ1v) is 8.47. The summed E-state index contributed by atoms with van der Waals surface area (Å²) in [5.74, 6) is 0.146. The number of carbonyl (C=O) groups excluding carboxylic acids is 1. The van der Waals surface area contributed by atoms with Crippen LogP contribution in [0.4, 0.5) is 0 Å². The standard InChI is InChI=1S/C19H20N4O2/c1-12-4-5-16(17-15(12)3-2-7-20-17)19(24)21-9-13-6-8-25-18(13)14-10-22-23-11-14/h2-5,7,10-11,13,18H,6,8-9H2,1H3,(H,21,24)(H,22,23)/t13-,18+/m0/s1. The Bertz CT molecular complexity index is 892. The fraction of sp³-hybridized carbons (Fsp3) is 0.316. The number of nitrogens with one attached hydrogen (secondary N) is 2. The van der Waals surface area contributed by atoms with Crippen molar-refractivity contribution >= 4 is 16.8 Å². The minimum absolute atomic E-state index is 0.0214. The van der Waals surface area contributed by atoms with E-state index in [1.54, 1.807) is 12.4 Å². The number of amides is 1. The van der Waals surface area contributed by atoms with Gasteiger partial charge in [0.1, 0.15) is 0 Å². The summed E-state index contributed by atoms with van der Waals surface area (Å²) in [4.78, 5) is 17.1. The van der Waals surface area contributed by atoms with Gasteiger partial charge in [0.2, 0.25) is 0 Å². The fourth-order valence-corrected chi connectivity index (χ4v) is 3.45. The van der Waals surface area contributed by atoms with E-state index in [2.05, 4.69) is 20.5 Å². The first-order chi connectivity index (χ1) is 12.2. The number of aryl methyl sites for hydroxylation is 1. The monoisotopic (exact) mass is 336 g/mol. The number of hydrogen-bond acceptors (Lipinski definition) is 4. The van der Waals surface area contributed by atoms with Gasteiger partial charge in [0.15, 0.2) is 0 Å². The van der Waals surface area contributed by atoms with E-state index < -0.39 is 0 Å². The molecule has 25 heavy (non-hydrogen) atoms. The van der Waals surface area contributed by atoms with Gasteiger partial charge in [-0.3, -0.25) is 14.9 Å². The molecule has 1 fully saturated rings. The molecule has 4 rings (SSSR count). The van der Waals surface area contributed by atoms with Crippen LogP contribution >= 0.6 is 0 Å². The zero-order valence-corrected chi connectivity index (χ0v) is 14.0. The SMILES string of the molecule is Cc1ccc(C(=O)NC[C@@H]2CCO[C@H]2c2cn[nH]c2)c2ncccc12. The molecule has 1 aliphatic heterocycles. The zero-order chi connectivity index (χ0) is 17.2. The Kier molecular flexibility index (Phi) is 4.19. The number of aromatic nitrogens is 3. The van der Waals surface area contributed by atoms with Crippen LogP contribution in [-0.2, 0) is 4.74 Å². The van der Waals surface area contributed by atoms with E-state index in [1.165, 1.54) is 0 Å². The maximum Gasteiger partial charge on any atom is 0.253 e. The smallest absolute Gasteiger partial charge is 0.253 e. The van der Waals surface area contributed by atoms with Gasteiger partial charge in [-0.25, -0.2) is 0 Å². The van der Waals surface area contributed by atoms with Crippen LogP contribution in [0.3, 0.4) is 0 Å². The molecule has 6 heteroatoms. The molecule has 0 unspecified atom stereocenters. The predicted molar refractivity (Wildman–Crippen MR) is 94.2 cm³/mol. The molecule has 2 atom stereocenters. The Hall–Kier alpha value is -2.73. The third-order valence-corrected chi connectivity index (χ3v) is 4.82. The molecule has 0 saturated carbocycles. The lowest BCUT2D eigenvalue weighted by Gasteiger charge is -2.18. The van der Waals surface area contributed by atoms with Crippen LogP contribution in [0.15, 0.2) is 42.9 Å². The van der Waals surface area contributed by atoms with Crippen molar-refractivity contribution in [2.45, 2.75) is 19.4 Å². The Morgan fingerprint density at radius 1 is 1.40 bits per heavy atom. The van der Waals surface area contributed by atoms with Gasteiger partial charge in [-0.2, -0.15) is 5.10 Å². The lowest BCUT2D eigenvalue weighted by Crippen LogP contribution is -2.30. The van der Waals surface area contributed by atoms with Gasteiger partial charge in [-0.1, -0.05) is 12.1 Å². The molecule has 0 spiro atoms. The van der Waals surface area contributed by atoms with Crippen LogP contribution in [0, 0.1) is 12.8 Å². The highest BCUT2D eigenvalue weighted by molar-refractivity contribution is 6.06. The Balaban J connectivity index is 1.50. The average Bonchev–Trinajstić information content (AvgIpc) is 3.31. The quantitative estimate of drug-likeness (QED) is 0.768. The number of H-pyrrole nitrogens is 1. The Morgan fingerprint density at radius 3 is 3.16 bits per heavy atom. The number of ether oxygens (including phenoxy) is 1. The number of benzene rings is 1. The summed E-state index contributed by atoms with van der Waals surface area (Å²) in [7, 11) is 0. The molecule has 128 valence electrons. The van der Waals surface area contributed by atoms with Crippen LogP contribution < -0.4 is 5.32 Å². The molecule has 0 radical (unpaired) electrons. The minimum atomic E-state index is -0.0958. The number of pyridine rings is 1. The van der Waals surface area contributed by atoms with Crippen LogP contribution in [-0.4, -0.2) is 34.2 Å². The lowest BCUT2D eigenvalue weighted by atomic mass is 9.97. The van der Waals surface area contributed by atoms with Crippen molar-refractivity contribution in [3.8, 4) is 0 Å². The zero-order valence-electron chi connectivity index (χ0n) is 14.0. The first kappa shape index (κ1) is 15.8. The molecule has 0 aliphatic carbocycles. The summed E-state index contributed by atoms with van der Waals surface area (Å²) in [5.41, 5.74) is 3.50. The van der Waals surface area contributed by atoms with Crippen LogP contribution in [0.2, 0.25) is 0 Å². The molecular weight excluding hydrogens is 316 g/mol. The fourth-order valence-electron chi connectivity index (χ4n) is 3.45.